The summed E-state index contributed by atoms with van der Waals surface area (Å²) in [4.78, 5) is 37.9. The van der Waals surface area contributed by atoms with Crippen molar-refractivity contribution in [2.75, 3.05) is 17.6 Å². The highest BCUT2D eigenvalue weighted by molar-refractivity contribution is 14.1. The van der Waals surface area contributed by atoms with Gasteiger partial charge in [-0.15, -0.1) is 13.2 Å². The van der Waals surface area contributed by atoms with Crippen molar-refractivity contribution in [3.63, 3.8) is 0 Å². The molecule has 21 heteroatoms. The number of allylic oxidation sites excluding steroid dienone is 3. The van der Waals surface area contributed by atoms with Gasteiger partial charge in [-0.05, 0) is 168 Å². The first-order chi connectivity index (χ1) is 46.1. The van der Waals surface area contributed by atoms with Crippen LogP contribution in [0.5, 0.6) is 0 Å². The van der Waals surface area contributed by atoms with E-state index in [4.69, 9.17) is 35.9 Å². The molecular weight excluding hydrogens is 1460 g/mol. The zero-order chi connectivity index (χ0) is 76.3. The molecule has 2 aliphatic heterocycles. The van der Waals surface area contributed by atoms with Crippen molar-refractivity contribution < 1.29 is 67.1 Å². The largest absolute Gasteiger partial charge is 0.462 e. The summed E-state index contributed by atoms with van der Waals surface area (Å²) >= 11 is 2.37. The van der Waals surface area contributed by atoms with Crippen LogP contribution in [-0.2, 0) is 70.5 Å². The summed E-state index contributed by atoms with van der Waals surface area (Å²) in [6, 6.07) is 13.0. The highest BCUT2D eigenvalue weighted by atomic mass is 127. The second-order valence-corrected chi connectivity index (χ2v) is 51.4. The smallest absolute Gasteiger partial charge is 0.306 e. The standard InChI is InChI=1S/C30H50O6SSi.C28H46O6SSi.C21H39IO3Si/c1-11-14-24(4)28(36-38(9,10)30(6,7)8)16-13-17-29(31)35-27(15-12-2)25(5)22-34-37(32,33)26-20-18-23(3)19-21-26;1-21-16-18-24(19-17-21)35(30,31)32-20-23(3)25-13-10-9-12-22(2)26(14-11-15-27(29)33-25)34-36(7,8)28(4,5)6;1-16-11-8-9-12-18(17(2)15-22)24-20(23)14-10-13-19(16)25-26(6,7)21(3,4)5/h11-12,18-21,24-25,27-28H,1-2,13-17,22H2,3-10H3;9-10,16-19,22-23,25-26H,11-15,20H2,1-8H3;8-9,16-19H,10-15H2,1-7H3/b;10-9+;9-8+/t24-,25-,27+,28-;22-,23-,25+,26-;16-,17-,18+,19-/m000/s1. The summed E-state index contributed by atoms with van der Waals surface area (Å²) in [6.07, 6.45) is 21.9. The van der Waals surface area contributed by atoms with Crippen molar-refractivity contribution in [3.8, 4) is 0 Å². The molecule has 0 amide bonds. The number of alkyl halides is 1. The number of hydrogen-bond acceptors (Lipinski definition) is 15. The second kappa shape index (κ2) is 42.9. The molecule has 2 aromatic carbocycles. The lowest BCUT2D eigenvalue weighted by Crippen LogP contribution is -2.45. The lowest BCUT2D eigenvalue weighted by Gasteiger charge is -2.41. The fourth-order valence-electron chi connectivity index (χ4n) is 10.5. The van der Waals surface area contributed by atoms with E-state index < -0.39 is 57.4 Å². The van der Waals surface area contributed by atoms with Gasteiger partial charge in [-0.3, -0.25) is 22.7 Å². The van der Waals surface area contributed by atoms with Gasteiger partial charge in [-0.1, -0.05) is 198 Å². The molecule has 572 valence electrons. The summed E-state index contributed by atoms with van der Waals surface area (Å²) in [5.41, 5.74) is 1.93. The Labute approximate surface area is 625 Å². The normalized spacial score (nSPS) is 22.5. The molecule has 0 radical (unpaired) electrons. The van der Waals surface area contributed by atoms with E-state index in [0.717, 1.165) is 66.9 Å². The Morgan fingerprint density at radius 1 is 0.580 bits per heavy atom. The van der Waals surface area contributed by atoms with E-state index in [9.17, 15) is 31.2 Å². The molecule has 0 aromatic heterocycles. The van der Waals surface area contributed by atoms with Gasteiger partial charge in [-0.25, -0.2) is 0 Å². The zero-order valence-electron chi connectivity index (χ0n) is 66.0. The fourth-order valence-corrected chi connectivity index (χ4v) is 17.4. The Kier molecular flexibility index (Phi) is 39.9. The van der Waals surface area contributed by atoms with Crippen LogP contribution in [-0.4, -0.2) is 114 Å². The molecule has 0 spiro atoms. The Hall–Kier alpha value is -3.11. The fraction of sp³-hybridized carbons (Fsp3) is 0.709. The molecule has 0 fully saturated rings. The molecule has 2 aromatic rings. The van der Waals surface area contributed by atoms with Crippen molar-refractivity contribution in [3.05, 3.63) is 109 Å². The van der Waals surface area contributed by atoms with Crippen LogP contribution in [0.4, 0.5) is 0 Å². The molecule has 0 unspecified atom stereocenters. The topological polar surface area (TPSA) is 193 Å². The average Bonchev–Trinajstić information content (AvgIpc) is 0.842. The number of hydrogen-bond donors (Lipinski definition) is 0. The predicted octanol–water partition coefficient (Wildman–Crippen LogP) is 20.9. The van der Waals surface area contributed by atoms with Crippen LogP contribution in [0.15, 0.2) is 108 Å². The molecule has 0 saturated heterocycles. The molecule has 2 aliphatic rings. The van der Waals surface area contributed by atoms with Crippen LogP contribution in [0.1, 0.15) is 211 Å². The molecule has 0 aliphatic carbocycles. The SMILES string of the molecule is C=CC[C@H](C)[C@H](CCCC(=O)O[C@H](CC=C)[C@@H](C)COS(=O)(=O)c1ccc(C)cc1)O[Si](C)(C)C(C)(C)C.C[C@H]1C/C=C/C[C@H]([C@@H](C)CI)OC(=O)CCC[C@@H]1O[Si](C)(C)C(C)(C)C.Cc1ccc(S(=O)(=O)OC[C@H](C)[C@H]2C/C=C/C[C@H](C)[C@@H](O[Si](C)(C)C(C)(C)C)CCCC(=O)O2)cc1. The van der Waals surface area contributed by atoms with Crippen molar-refractivity contribution in [1.29, 1.82) is 0 Å². The number of halogens is 1. The Morgan fingerprint density at radius 2 is 0.970 bits per heavy atom. The molecule has 12 atom stereocenters. The van der Waals surface area contributed by atoms with Crippen molar-refractivity contribution in [2.24, 2.45) is 35.5 Å². The van der Waals surface area contributed by atoms with Gasteiger partial charge in [0.1, 0.15) is 18.3 Å². The number of esters is 3. The Balaban J connectivity index is 0.000000519. The third kappa shape index (κ3) is 33.1. The molecule has 0 N–H and O–H groups in total. The van der Waals surface area contributed by atoms with Crippen LogP contribution in [0.3, 0.4) is 0 Å². The monoisotopic (exact) mass is 1600 g/mol. The van der Waals surface area contributed by atoms with Gasteiger partial charge in [0, 0.05) is 79.0 Å². The van der Waals surface area contributed by atoms with Crippen LogP contribution < -0.4 is 0 Å². The molecule has 15 nitrogen and oxygen atoms in total. The van der Waals surface area contributed by atoms with Crippen LogP contribution in [0, 0.1) is 49.4 Å². The van der Waals surface area contributed by atoms with Gasteiger partial charge < -0.3 is 27.5 Å². The van der Waals surface area contributed by atoms with Gasteiger partial charge in [0.05, 0.1) is 23.0 Å². The van der Waals surface area contributed by atoms with Crippen LogP contribution in [0.25, 0.3) is 0 Å². The number of carbonyl (C=O) groups excluding carboxylic acids is 3. The second-order valence-electron chi connectivity index (χ2n) is 33.1. The summed E-state index contributed by atoms with van der Waals surface area (Å²) in [5.74, 6) is 0.250. The van der Waals surface area contributed by atoms with Gasteiger partial charge >= 0.3 is 17.9 Å². The van der Waals surface area contributed by atoms with Crippen LogP contribution in [0.2, 0.25) is 54.4 Å². The molecule has 0 saturated carbocycles. The van der Waals surface area contributed by atoms with E-state index in [2.05, 4.69) is 183 Å². The highest BCUT2D eigenvalue weighted by Gasteiger charge is 2.43. The first-order valence-electron chi connectivity index (χ1n) is 36.8. The maximum atomic E-state index is 12.7. The minimum absolute atomic E-state index is 0.00432. The number of aryl methyl sites for hydroxylation is 2. The number of cyclic esters (lactones) is 2. The predicted molar refractivity (Wildman–Crippen MR) is 426 cm³/mol. The number of rotatable bonds is 28. The lowest BCUT2D eigenvalue weighted by atomic mass is 9.95. The highest BCUT2D eigenvalue weighted by Crippen LogP contribution is 2.42. The number of carbonyl (C=O) groups is 3. The maximum Gasteiger partial charge on any atom is 0.306 e. The first-order valence-corrected chi connectivity index (χ1v) is 49.8. The maximum absolute atomic E-state index is 12.7. The third-order valence-corrected chi connectivity index (χ3v) is 38.4. The number of benzene rings is 2. The van der Waals surface area contributed by atoms with E-state index in [1.165, 1.54) is 24.3 Å². The third-order valence-electron chi connectivity index (χ3n) is 20.9. The number of ether oxygens (including phenoxy) is 3. The van der Waals surface area contributed by atoms with E-state index >= 15 is 0 Å². The molecule has 4 rings (SSSR count). The minimum Gasteiger partial charge on any atom is -0.462 e. The molecular formula is C79H135IO15S2Si3. The summed E-state index contributed by atoms with van der Waals surface area (Å²) in [7, 11) is -13.5. The van der Waals surface area contributed by atoms with Gasteiger partial charge in [0.15, 0.2) is 25.0 Å². The molecule has 100 heavy (non-hydrogen) atoms. The van der Waals surface area contributed by atoms with E-state index in [0.29, 0.717) is 62.2 Å². The van der Waals surface area contributed by atoms with E-state index in [1.807, 2.05) is 39.8 Å². The summed E-state index contributed by atoms with van der Waals surface area (Å²) in [5, 5.41) is 0.429. The van der Waals surface area contributed by atoms with Crippen molar-refractivity contribution in [1.82, 2.24) is 0 Å². The van der Waals surface area contributed by atoms with Crippen LogP contribution >= 0.6 is 22.6 Å². The minimum atomic E-state index is -3.90. The van der Waals surface area contributed by atoms with Gasteiger partial charge in [-0.2, -0.15) is 16.8 Å². The average molecular weight is 1600 g/mol. The first kappa shape index (κ1) is 93.0. The summed E-state index contributed by atoms with van der Waals surface area (Å²) < 4.78 is 99.4. The zero-order valence-corrected chi connectivity index (χ0v) is 72.8. The Bertz CT molecular complexity index is 3080. The quantitative estimate of drug-likeness (QED) is 0.0148. The summed E-state index contributed by atoms with van der Waals surface area (Å²) in [6.45, 7) is 57.7. The molecule has 2 heterocycles. The van der Waals surface area contributed by atoms with E-state index in [1.54, 1.807) is 30.3 Å². The van der Waals surface area contributed by atoms with E-state index in [-0.39, 0.29) is 98.7 Å². The Morgan fingerprint density at radius 3 is 1.36 bits per heavy atom. The molecule has 0 bridgehead atoms. The van der Waals surface area contributed by atoms with Gasteiger partial charge in [0.25, 0.3) is 20.2 Å². The lowest BCUT2D eigenvalue weighted by molar-refractivity contribution is -0.153. The van der Waals surface area contributed by atoms with Gasteiger partial charge in [0.2, 0.25) is 0 Å². The van der Waals surface area contributed by atoms with Crippen molar-refractivity contribution in [2.45, 2.75) is 315 Å². The van der Waals surface area contributed by atoms with Crippen molar-refractivity contribution >= 4 is 85.7 Å².